The number of likely N-dealkylation sites (N-methyl/N-ethyl adjacent to an activating group) is 1. The van der Waals surface area contributed by atoms with Gasteiger partial charge < -0.3 is 10.0 Å². The van der Waals surface area contributed by atoms with E-state index in [1.54, 1.807) is 0 Å². The second-order valence-corrected chi connectivity index (χ2v) is 2.68. The van der Waals surface area contributed by atoms with E-state index in [2.05, 4.69) is 11.8 Å². The third-order valence-electron chi connectivity index (χ3n) is 1.86. The second kappa shape index (κ2) is 2.03. The number of rotatable bonds is 0. The molecule has 2 nitrogen and oxygen atoms in total. The van der Waals surface area contributed by atoms with Gasteiger partial charge in [0.1, 0.15) is 0 Å². The van der Waals surface area contributed by atoms with E-state index in [1.807, 2.05) is 7.05 Å². The number of hydrogen-bond acceptors (Lipinski definition) is 2. The summed E-state index contributed by atoms with van der Waals surface area (Å²) < 4.78 is 0. The molecule has 1 fully saturated rings. The van der Waals surface area contributed by atoms with Crippen LogP contribution in [0.15, 0.2) is 0 Å². The maximum Gasteiger partial charge on any atom is 0.0681 e. The van der Waals surface area contributed by atoms with Gasteiger partial charge in [-0.2, -0.15) is 0 Å². The first-order valence-corrected chi connectivity index (χ1v) is 3.08. The minimum atomic E-state index is -0.0741. The highest BCUT2D eigenvalue weighted by atomic mass is 16.3. The van der Waals surface area contributed by atoms with Crippen molar-refractivity contribution in [3.05, 3.63) is 0 Å². The molecule has 1 N–H and O–H groups in total. The van der Waals surface area contributed by atoms with E-state index in [4.69, 9.17) is 5.11 Å². The van der Waals surface area contributed by atoms with Crippen LogP contribution in [0.2, 0.25) is 0 Å². The van der Waals surface area contributed by atoms with Crippen LogP contribution in [0, 0.1) is 0 Å². The van der Waals surface area contributed by atoms with Crippen LogP contribution in [-0.4, -0.2) is 35.7 Å². The third-order valence-corrected chi connectivity index (χ3v) is 1.86. The van der Waals surface area contributed by atoms with E-state index in [-0.39, 0.29) is 6.10 Å². The lowest BCUT2D eigenvalue weighted by atomic mass is 10.2. The molecule has 0 aliphatic carbocycles. The molecule has 0 amide bonds. The number of β-amino-alcohol motifs (C(OH)–C–C–N with tert-alkyl or cyclic N) is 1. The Labute approximate surface area is 50.1 Å². The Balaban J connectivity index is 2.39. The van der Waals surface area contributed by atoms with Crippen LogP contribution in [0.25, 0.3) is 0 Å². The maximum absolute atomic E-state index is 9.03. The Bertz CT molecular complexity index is 74.6. The van der Waals surface area contributed by atoms with Crippen molar-refractivity contribution in [3.63, 3.8) is 0 Å². The number of nitrogens with zero attached hydrogens (tertiary/aromatic N) is 1. The van der Waals surface area contributed by atoms with Gasteiger partial charge in [-0.15, -0.1) is 0 Å². The average Bonchev–Trinajstić information content (AvgIpc) is 1.85. The van der Waals surface area contributed by atoms with Gasteiger partial charge in [0, 0.05) is 12.6 Å². The summed E-state index contributed by atoms with van der Waals surface area (Å²) in [7, 11) is 2.04. The van der Waals surface area contributed by atoms with Crippen LogP contribution < -0.4 is 0 Å². The summed E-state index contributed by atoms with van der Waals surface area (Å²) in [6.45, 7) is 2.98. The standard InChI is InChI=1S/C6H13NO/c1-5-3-6(8)4-7(5)2/h5-6,8H,3-4H2,1-2H3/t5-,6-/m0/s1. The molecule has 2 heteroatoms. The van der Waals surface area contributed by atoms with Crippen LogP contribution in [0.5, 0.6) is 0 Å². The van der Waals surface area contributed by atoms with Crippen LogP contribution in [-0.2, 0) is 0 Å². The number of likely N-dealkylation sites (tertiary alicyclic amines) is 1. The molecule has 0 aromatic heterocycles. The molecule has 0 bridgehead atoms. The summed E-state index contributed by atoms with van der Waals surface area (Å²) in [5.41, 5.74) is 0. The Morgan fingerprint density at radius 3 is 2.38 bits per heavy atom. The van der Waals surface area contributed by atoms with Crippen LogP contribution >= 0.6 is 0 Å². The van der Waals surface area contributed by atoms with Gasteiger partial charge in [0.2, 0.25) is 0 Å². The zero-order valence-electron chi connectivity index (χ0n) is 5.46. The summed E-state index contributed by atoms with van der Waals surface area (Å²) in [6.07, 6.45) is 0.867. The zero-order chi connectivity index (χ0) is 6.15. The Morgan fingerprint density at radius 1 is 1.62 bits per heavy atom. The van der Waals surface area contributed by atoms with Gasteiger partial charge in [-0.3, -0.25) is 0 Å². The SMILES string of the molecule is C[C@H]1C[C@H](O)CN1C. The second-order valence-electron chi connectivity index (χ2n) is 2.68. The lowest BCUT2D eigenvalue weighted by Gasteiger charge is -2.11. The molecule has 2 atom stereocenters. The van der Waals surface area contributed by atoms with Crippen molar-refractivity contribution in [3.8, 4) is 0 Å². The van der Waals surface area contributed by atoms with Crippen LogP contribution in [0.1, 0.15) is 13.3 Å². The molecule has 8 heavy (non-hydrogen) atoms. The predicted molar refractivity (Wildman–Crippen MR) is 32.7 cm³/mol. The number of aliphatic hydroxyl groups is 1. The lowest BCUT2D eigenvalue weighted by Crippen LogP contribution is -2.21. The van der Waals surface area contributed by atoms with Gasteiger partial charge >= 0.3 is 0 Å². The van der Waals surface area contributed by atoms with Crippen molar-refractivity contribution < 1.29 is 5.11 Å². The van der Waals surface area contributed by atoms with Gasteiger partial charge in [0.15, 0.2) is 0 Å². The van der Waals surface area contributed by atoms with Crippen molar-refractivity contribution in [2.75, 3.05) is 13.6 Å². The van der Waals surface area contributed by atoms with Gasteiger partial charge in [-0.05, 0) is 20.4 Å². The van der Waals surface area contributed by atoms with Gasteiger partial charge in [0.05, 0.1) is 6.10 Å². The summed E-state index contributed by atoms with van der Waals surface area (Å²) in [5, 5.41) is 9.03. The first-order valence-electron chi connectivity index (χ1n) is 3.08. The molecule has 0 saturated carbocycles. The molecule has 48 valence electrons. The van der Waals surface area contributed by atoms with E-state index >= 15 is 0 Å². The third kappa shape index (κ3) is 1.01. The molecule has 0 aromatic carbocycles. The van der Waals surface area contributed by atoms with Crippen LogP contribution in [0.3, 0.4) is 0 Å². The average molecular weight is 115 g/mol. The quantitative estimate of drug-likeness (QED) is 0.483. The minimum absolute atomic E-state index is 0.0741. The highest BCUT2D eigenvalue weighted by Gasteiger charge is 2.23. The first kappa shape index (κ1) is 6.05. The summed E-state index contributed by atoms with van der Waals surface area (Å²) in [6, 6.07) is 0.574. The van der Waals surface area contributed by atoms with Crippen molar-refractivity contribution >= 4 is 0 Å². The fraction of sp³-hybridized carbons (Fsp3) is 1.00. The van der Waals surface area contributed by atoms with Crippen LogP contribution in [0.4, 0.5) is 0 Å². The van der Waals surface area contributed by atoms with E-state index in [9.17, 15) is 0 Å². The van der Waals surface area contributed by atoms with Crippen molar-refractivity contribution in [2.45, 2.75) is 25.5 Å². The molecule has 0 aromatic rings. The molecule has 1 aliphatic heterocycles. The lowest BCUT2D eigenvalue weighted by molar-refractivity contribution is 0.182. The highest BCUT2D eigenvalue weighted by molar-refractivity contribution is 4.78. The molecule has 1 saturated heterocycles. The van der Waals surface area contributed by atoms with E-state index in [1.165, 1.54) is 0 Å². The molecule has 1 rings (SSSR count). The first-order chi connectivity index (χ1) is 3.70. The maximum atomic E-state index is 9.03. The predicted octanol–water partition coefficient (Wildman–Crippen LogP) is 0.0713. The highest BCUT2D eigenvalue weighted by Crippen LogP contribution is 2.13. The smallest absolute Gasteiger partial charge is 0.0681 e. The molecular weight excluding hydrogens is 102 g/mol. The van der Waals surface area contributed by atoms with Gasteiger partial charge in [-0.1, -0.05) is 0 Å². The number of aliphatic hydroxyl groups excluding tert-OH is 1. The molecule has 0 spiro atoms. The van der Waals surface area contributed by atoms with E-state index in [0.29, 0.717) is 6.04 Å². The minimum Gasteiger partial charge on any atom is -0.392 e. The summed E-state index contributed by atoms with van der Waals surface area (Å²) in [4.78, 5) is 2.17. The monoisotopic (exact) mass is 115 g/mol. The van der Waals surface area contributed by atoms with Gasteiger partial charge in [0.25, 0.3) is 0 Å². The molecular formula is C6H13NO. The molecule has 0 unspecified atom stereocenters. The molecule has 1 heterocycles. The normalized spacial score (nSPS) is 40.9. The van der Waals surface area contributed by atoms with Gasteiger partial charge in [-0.25, -0.2) is 0 Å². The summed E-state index contributed by atoms with van der Waals surface area (Å²) in [5.74, 6) is 0. The topological polar surface area (TPSA) is 23.5 Å². The van der Waals surface area contributed by atoms with E-state index < -0.39 is 0 Å². The van der Waals surface area contributed by atoms with Crippen molar-refractivity contribution in [2.24, 2.45) is 0 Å². The fourth-order valence-electron chi connectivity index (χ4n) is 1.16. The number of hydrogen-bond donors (Lipinski definition) is 1. The largest absolute Gasteiger partial charge is 0.392 e. The van der Waals surface area contributed by atoms with Crippen molar-refractivity contribution in [1.29, 1.82) is 0 Å². The van der Waals surface area contributed by atoms with Crippen molar-refractivity contribution in [1.82, 2.24) is 4.90 Å². The Hall–Kier alpha value is -0.0800. The Kier molecular flexibility index (Phi) is 1.54. The fourth-order valence-corrected chi connectivity index (χ4v) is 1.16. The molecule has 0 radical (unpaired) electrons. The molecule has 1 aliphatic rings. The zero-order valence-corrected chi connectivity index (χ0v) is 5.46. The summed E-state index contributed by atoms with van der Waals surface area (Å²) >= 11 is 0. The Morgan fingerprint density at radius 2 is 2.25 bits per heavy atom. The van der Waals surface area contributed by atoms with E-state index in [0.717, 1.165) is 13.0 Å².